The third kappa shape index (κ3) is 7.22. The van der Waals surface area contributed by atoms with Gasteiger partial charge in [0.1, 0.15) is 5.69 Å². The highest BCUT2D eigenvalue weighted by Gasteiger charge is 2.35. The molecule has 43 heavy (non-hydrogen) atoms. The number of nitrogens with zero attached hydrogens (tertiary/aromatic N) is 6. The normalized spacial score (nSPS) is 17.0. The summed E-state index contributed by atoms with van der Waals surface area (Å²) >= 11 is 19.2. The molecule has 12 nitrogen and oxygen atoms in total. The highest BCUT2D eigenvalue weighted by molar-refractivity contribution is 6.32. The van der Waals surface area contributed by atoms with Crippen LogP contribution in [-0.4, -0.2) is 72.4 Å². The fourth-order valence-electron chi connectivity index (χ4n) is 4.23. The highest BCUT2D eigenvalue weighted by atomic mass is 35.5. The average Bonchev–Trinajstić information content (AvgIpc) is 3.53. The first kappa shape index (κ1) is 32.1. The number of halogens is 6. The lowest BCUT2D eigenvalue weighted by Gasteiger charge is -2.28. The van der Waals surface area contributed by atoms with E-state index in [1.165, 1.54) is 32.3 Å². The Balaban J connectivity index is 1.72. The van der Waals surface area contributed by atoms with Crippen molar-refractivity contribution in [3.8, 4) is 5.82 Å². The fraction of sp³-hybridized carbons (Fsp3) is 0.360. The van der Waals surface area contributed by atoms with Gasteiger partial charge in [0.15, 0.2) is 11.5 Å². The number of aromatic nitrogens is 5. The van der Waals surface area contributed by atoms with Crippen LogP contribution in [0, 0.1) is 6.92 Å². The lowest BCUT2D eigenvalue weighted by molar-refractivity contribution is -0.141. The Labute approximate surface area is 257 Å². The van der Waals surface area contributed by atoms with Crippen molar-refractivity contribution in [1.29, 1.82) is 0 Å². The molecule has 230 valence electrons. The van der Waals surface area contributed by atoms with Gasteiger partial charge in [-0.25, -0.2) is 19.5 Å². The second-order valence-corrected chi connectivity index (χ2v) is 10.9. The van der Waals surface area contributed by atoms with E-state index in [2.05, 4.69) is 30.7 Å². The van der Waals surface area contributed by atoms with Gasteiger partial charge in [-0.2, -0.15) is 23.4 Å². The van der Waals surface area contributed by atoms with Crippen LogP contribution >= 0.6 is 34.8 Å². The Hall–Kier alpha value is -3.82. The summed E-state index contributed by atoms with van der Waals surface area (Å²) in [6.45, 7) is 1.23. The molecule has 3 amide bonds. The van der Waals surface area contributed by atoms with Crippen LogP contribution in [0.25, 0.3) is 5.82 Å². The monoisotopic (exact) mass is 662 g/mol. The first-order chi connectivity index (χ1) is 20.2. The molecule has 4 rings (SSSR count). The quantitative estimate of drug-likeness (QED) is 0.298. The molecule has 0 aromatic carbocycles. The van der Waals surface area contributed by atoms with Gasteiger partial charge in [-0.1, -0.05) is 11.6 Å². The zero-order valence-corrected chi connectivity index (χ0v) is 25.0. The van der Waals surface area contributed by atoms with Gasteiger partial charge in [-0.15, -0.1) is 23.2 Å². The molecule has 0 spiro atoms. The Kier molecular flexibility index (Phi) is 9.57. The van der Waals surface area contributed by atoms with Gasteiger partial charge in [0.2, 0.25) is 0 Å². The highest BCUT2D eigenvalue weighted by Crippen LogP contribution is 2.32. The molecule has 0 fully saturated rings. The summed E-state index contributed by atoms with van der Waals surface area (Å²) in [4.78, 5) is 42.7. The molecule has 2 atom stereocenters. The molecule has 18 heteroatoms. The minimum atomic E-state index is -4.65. The van der Waals surface area contributed by atoms with E-state index in [9.17, 15) is 27.6 Å². The maximum Gasteiger partial charge on any atom is 0.435 e. The fourth-order valence-corrected chi connectivity index (χ4v) is 5.26. The van der Waals surface area contributed by atoms with Crippen LogP contribution in [0.15, 0.2) is 41.7 Å². The minimum Gasteiger partial charge on any atom is -0.452 e. The largest absolute Gasteiger partial charge is 0.452 e. The van der Waals surface area contributed by atoms with Crippen molar-refractivity contribution in [3.05, 3.63) is 69.5 Å². The first-order valence-electron chi connectivity index (χ1n) is 12.5. The van der Waals surface area contributed by atoms with Crippen molar-refractivity contribution in [1.82, 2.24) is 40.3 Å². The number of hydrogen-bond acceptors (Lipinski definition) is 7. The number of aryl methyl sites for hydroxylation is 1. The Morgan fingerprint density at radius 2 is 1.91 bits per heavy atom. The number of carbonyl (C=O) groups excluding carboxylic acids is 3. The molecule has 1 aliphatic rings. The van der Waals surface area contributed by atoms with Crippen LogP contribution in [0.5, 0.6) is 0 Å². The summed E-state index contributed by atoms with van der Waals surface area (Å²) < 4.78 is 46.4. The van der Waals surface area contributed by atoms with Crippen molar-refractivity contribution < 1.29 is 32.3 Å². The topological polar surface area (TPSA) is 136 Å². The van der Waals surface area contributed by atoms with E-state index in [4.69, 9.17) is 34.8 Å². The van der Waals surface area contributed by atoms with E-state index in [1.54, 1.807) is 6.07 Å². The second kappa shape index (κ2) is 12.8. The number of alkyl halides is 5. The molecule has 0 saturated carbocycles. The number of carbonyl (C=O) groups is 3. The van der Waals surface area contributed by atoms with Gasteiger partial charge >= 0.3 is 12.3 Å². The Morgan fingerprint density at radius 3 is 2.53 bits per heavy atom. The first-order valence-corrected chi connectivity index (χ1v) is 13.7. The standard InChI is InChI=1S/C25H24Cl3F3N8O4/c1-12-7-19(25(29,30)31)35-38(12)11-14-10-18(39(34-14)21-16(27)5-4-6-32-21)23(41)33-20-15(8-13(26)9-17(20)28)22(40)36-37(2)24(42)43-3/h4-7,10,13,17H,8-9,11H2,1-3H3,(H,33,41)(H,36,40). The zero-order chi connectivity index (χ0) is 31.6. The molecule has 3 aromatic heterocycles. The SMILES string of the molecule is COC(=O)N(C)NC(=O)C1=C(NC(=O)c2cc(Cn3nc(C(F)(F)F)cc3C)nn2-c2ncccc2Cl)C(Cl)CC(Cl)C1. The number of hydrazine groups is 1. The summed E-state index contributed by atoms with van der Waals surface area (Å²) in [5.41, 5.74) is 1.57. The van der Waals surface area contributed by atoms with Crippen LogP contribution < -0.4 is 10.7 Å². The van der Waals surface area contributed by atoms with Gasteiger partial charge in [-0.3, -0.25) is 19.7 Å². The Morgan fingerprint density at radius 1 is 1.19 bits per heavy atom. The van der Waals surface area contributed by atoms with Gasteiger partial charge in [0.25, 0.3) is 11.8 Å². The Bertz CT molecular complexity index is 1590. The number of nitrogens with one attached hydrogen (secondary N) is 2. The van der Waals surface area contributed by atoms with Crippen molar-refractivity contribution in [2.75, 3.05) is 14.2 Å². The third-order valence-electron chi connectivity index (χ3n) is 6.28. The summed E-state index contributed by atoms with van der Waals surface area (Å²) in [7, 11) is 2.39. The number of allylic oxidation sites excluding steroid dienone is 1. The zero-order valence-electron chi connectivity index (χ0n) is 22.7. The molecule has 3 aromatic rings. The predicted octanol–water partition coefficient (Wildman–Crippen LogP) is 4.21. The van der Waals surface area contributed by atoms with Crippen LogP contribution in [0.3, 0.4) is 0 Å². The lowest BCUT2D eigenvalue weighted by Crippen LogP contribution is -2.46. The molecule has 2 unspecified atom stereocenters. The summed E-state index contributed by atoms with van der Waals surface area (Å²) in [6.07, 6.45) is -3.86. The van der Waals surface area contributed by atoms with Crippen LogP contribution in [0.1, 0.15) is 40.4 Å². The van der Waals surface area contributed by atoms with E-state index in [-0.39, 0.29) is 58.6 Å². The minimum absolute atomic E-state index is 0.0118. The van der Waals surface area contributed by atoms with E-state index < -0.39 is 40.5 Å². The number of hydrogen-bond donors (Lipinski definition) is 2. The van der Waals surface area contributed by atoms with Crippen molar-refractivity contribution in [3.63, 3.8) is 0 Å². The maximum atomic E-state index is 13.7. The maximum absolute atomic E-state index is 13.7. The molecule has 0 radical (unpaired) electrons. The number of rotatable bonds is 6. The second-order valence-electron chi connectivity index (χ2n) is 9.39. The molecule has 1 aliphatic carbocycles. The summed E-state index contributed by atoms with van der Waals surface area (Å²) in [5.74, 6) is -1.48. The van der Waals surface area contributed by atoms with Gasteiger partial charge in [0, 0.05) is 35.6 Å². The van der Waals surface area contributed by atoms with Crippen LogP contribution in [0.4, 0.5) is 18.0 Å². The van der Waals surface area contributed by atoms with Crippen molar-refractivity contribution in [2.24, 2.45) is 0 Å². The molecule has 3 heterocycles. The molecule has 0 saturated heterocycles. The smallest absolute Gasteiger partial charge is 0.435 e. The number of pyridine rings is 1. The number of amides is 3. The molecular formula is C25H24Cl3F3N8O4. The van der Waals surface area contributed by atoms with Gasteiger partial charge < -0.3 is 10.1 Å². The van der Waals surface area contributed by atoms with E-state index >= 15 is 0 Å². The van der Waals surface area contributed by atoms with Crippen LogP contribution in [-0.2, 0) is 22.3 Å². The summed E-state index contributed by atoms with van der Waals surface area (Å²) in [5, 5.41) is 10.1. The van der Waals surface area contributed by atoms with Gasteiger partial charge in [-0.05, 0) is 44.0 Å². The third-order valence-corrected chi connectivity index (χ3v) is 7.31. The van der Waals surface area contributed by atoms with Crippen molar-refractivity contribution in [2.45, 2.75) is 43.2 Å². The van der Waals surface area contributed by atoms with E-state index in [1.807, 2.05) is 0 Å². The summed E-state index contributed by atoms with van der Waals surface area (Å²) in [6, 6.07) is 5.30. The van der Waals surface area contributed by atoms with E-state index in [0.717, 1.165) is 27.5 Å². The van der Waals surface area contributed by atoms with Crippen molar-refractivity contribution >= 4 is 52.7 Å². The van der Waals surface area contributed by atoms with Crippen LogP contribution in [0.2, 0.25) is 5.02 Å². The average molecular weight is 664 g/mol. The predicted molar refractivity (Wildman–Crippen MR) is 149 cm³/mol. The number of ether oxygens (including phenoxy) is 1. The number of methoxy groups -OCH3 is 1. The molecule has 0 aliphatic heterocycles. The molecule has 0 bridgehead atoms. The molecule has 2 N–H and O–H groups in total. The van der Waals surface area contributed by atoms with E-state index in [0.29, 0.717) is 0 Å². The lowest BCUT2D eigenvalue weighted by atomic mass is 9.94. The van der Waals surface area contributed by atoms with Gasteiger partial charge in [0.05, 0.1) is 29.7 Å². The molecular weight excluding hydrogens is 640 g/mol.